The van der Waals surface area contributed by atoms with Crippen molar-refractivity contribution in [2.45, 2.75) is 32.3 Å². The molecule has 1 aliphatic heterocycles. The number of carbonyl (C=O) groups excluding carboxylic acids is 1. The summed E-state index contributed by atoms with van der Waals surface area (Å²) in [5.41, 5.74) is 0.361. The topological polar surface area (TPSA) is 57.7 Å². The van der Waals surface area contributed by atoms with E-state index in [1.165, 1.54) is 0 Å². The number of aromatic nitrogens is 1. The van der Waals surface area contributed by atoms with Crippen molar-refractivity contribution < 1.29 is 19.0 Å². The van der Waals surface area contributed by atoms with Gasteiger partial charge in [0.05, 0.1) is 12.7 Å². The van der Waals surface area contributed by atoms with Crippen LogP contribution in [0.3, 0.4) is 0 Å². The molecule has 0 aliphatic carbocycles. The van der Waals surface area contributed by atoms with Gasteiger partial charge in [0.2, 0.25) is 5.88 Å². The summed E-state index contributed by atoms with van der Waals surface area (Å²) in [6, 6.07) is 3.35. The largest absolute Gasteiger partial charge is 0.477 e. The lowest BCUT2D eigenvalue weighted by Gasteiger charge is -2.22. The van der Waals surface area contributed by atoms with E-state index in [1.54, 1.807) is 18.3 Å². The Balaban J connectivity index is 1.91. The van der Waals surface area contributed by atoms with Gasteiger partial charge in [0, 0.05) is 12.8 Å². The maximum Gasteiger partial charge on any atom is 0.343 e. The second-order valence-corrected chi connectivity index (χ2v) is 4.38. The minimum Gasteiger partial charge on any atom is -0.477 e. The monoisotopic (exact) mass is 265 g/mol. The van der Waals surface area contributed by atoms with E-state index in [-0.39, 0.29) is 6.10 Å². The van der Waals surface area contributed by atoms with Crippen LogP contribution in [0.1, 0.15) is 36.5 Å². The Hall–Kier alpha value is -1.62. The smallest absolute Gasteiger partial charge is 0.343 e. The van der Waals surface area contributed by atoms with Gasteiger partial charge < -0.3 is 14.2 Å². The Morgan fingerprint density at radius 2 is 2.42 bits per heavy atom. The molecule has 1 atom stereocenters. The van der Waals surface area contributed by atoms with Gasteiger partial charge in [-0.1, -0.05) is 0 Å². The molecule has 1 unspecified atom stereocenters. The molecule has 1 aromatic heterocycles. The molecule has 0 N–H and O–H groups in total. The standard InChI is InChI=1S/C14H19NO4/c1-2-17-13-12(7-5-8-15-13)14(16)19-10-11-6-3-4-9-18-11/h5,7-8,11H,2-4,6,9-10H2,1H3. The fourth-order valence-corrected chi connectivity index (χ4v) is 1.98. The first-order chi connectivity index (χ1) is 9.31. The highest BCUT2D eigenvalue weighted by molar-refractivity contribution is 5.91. The quantitative estimate of drug-likeness (QED) is 0.764. The molecule has 5 heteroatoms. The Bertz CT molecular complexity index is 416. The van der Waals surface area contributed by atoms with Crippen molar-refractivity contribution in [3.05, 3.63) is 23.9 Å². The average Bonchev–Trinajstić information content (AvgIpc) is 2.47. The fourth-order valence-electron chi connectivity index (χ4n) is 1.98. The number of hydrogen-bond acceptors (Lipinski definition) is 5. The van der Waals surface area contributed by atoms with Crippen LogP contribution in [-0.4, -0.2) is 36.9 Å². The lowest BCUT2D eigenvalue weighted by Crippen LogP contribution is -2.26. The van der Waals surface area contributed by atoms with Gasteiger partial charge in [0.15, 0.2) is 0 Å². The molecule has 0 spiro atoms. The van der Waals surface area contributed by atoms with Crippen LogP contribution in [0.25, 0.3) is 0 Å². The first kappa shape index (κ1) is 13.8. The number of pyridine rings is 1. The second-order valence-electron chi connectivity index (χ2n) is 4.38. The fraction of sp³-hybridized carbons (Fsp3) is 0.571. The van der Waals surface area contributed by atoms with Crippen molar-refractivity contribution in [3.8, 4) is 5.88 Å². The van der Waals surface area contributed by atoms with Crippen LogP contribution >= 0.6 is 0 Å². The van der Waals surface area contributed by atoms with Crippen LogP contribution in [0.2, 0.25) is 0 Å². The molecule has 2 heterocycles. The Labute approximate surface area is 112 Å². The molecule has 0 radical (unpaired) electrons. The maximum absolute atomic E-state index is 12.0. The minimum atomic E-state index is -0.411. The highest BCUT2D eigenvalue weighted by Crippen LogP contribution is 2.17. The summed E-state index contributed by atoms with van der Waals surface area (Å²) < 4.78 is 16.1. The van der Waals surface area contributed by atoms with Gasteiger partial charge in [0.25, 0.3) is 0 Å². The van der Waals surface area contributed by atoms with Crippen molar-refractivity contribution in [1.29, 1.82) is 0 Å². The Kier molecular flexibility index (Phi) is 5.15. The van der Waals surface area contributed by atoms with Gasteiger partial charge >= 0.3 is 5.97 Å². The second kappa shape index (κ2) is 7.09. The average molecular weight is 265 g/mol. The lowest BCUT2D eigenvalue weighted by molar-refractivity contribution is -0.0301. The normalized spacial score (nSPS) is 18.9. The molecule has 0 amide bonds. The number of rotatable bonds is 5. The van der Waals surface area contributed by atoms with Crippen molar-refractivity contribution in [1.82, 2.24) is 4.98 Å². The van der Waals surface area contributed by atoms with Gasteiger partial charge in [0.1, 0.15) is 12.2 Å². The van der Waals surface area contributed by atoms with E-state index in [1.807, 2.05) is 6.92 Å². The molecule has 0 saturated carbocycles. The van der Waals surface area contributed by atoms with Crippen molar-refractivity contribution in [2.75, 3.05) is 19.8 Å². The van der Waals surface area contributed by atoms with Crippen LogP contribution < -0.4 is 4.74 Å². The summed E-state index contributed by atoms with van der Waals surface area (Å²) >= 11 is 0. The van der Waals surface area contributed by atoms with Crippen molar-refractivity contribution >= 4 is 5.97 Å². The van der Waals surface area contributed by atoms with Gasteiger partial charge in [-0.25, -0.2) is 9.78 Å². The SMILES string of the molecule is CCOc1ncccc1C(=O)OCC1CCCCO1. The van der Waals surface area contributed by atoms with Gasteiger partial charge in [-0.15, -0.1) is 0 Å². The van der Waals surface area contributed by atoms with E-state index in [2.05, 4.69) is 4.98 Å². The van der Waals surface area contributed by atoms with E-state index < -0.39 is 5.97 Å². The molecule has 1 fully saturated rings. The van der Waals surface area contributed by atoms with Crippen LogP contribution in [0.15, 0.2) is 18.3 Å². The van der Waals surface area contributed by atoms with Gasteiger partial charge in [-0.2, -0.15) is 0 Å². The zero-order chi connectivity index (χ0) is 13.5. The third-order valence-electron chi connectivity index (χ3n) is 2.95. The molecule has 1 aromatic rings. The molecular weight excluding hydrogens is 246 g/mol. The molecule has 1 aliphatic rings. The Morgan fingerprint density at radius 3 is 3.16 bits per heavy atom. The van der Waals surface area contributed by atoms with Crippen molar-refractivity contribution in [3.63, 3.8) is 0 Å². The minimum absolute atomic E-state index is 0.0184. The summed E-state index contributed by atoms with van der Waals surface area (Å²) in [7, 11) is 0. The summed E-state index contributed by atoms with van der Waals surface area (Å²) in [6.07, 6.45) is 4.76. The Morgan fingerprint density at radius 1 is 1.53 bits per heavy atom. The number of ether oxygens (including phenoxy) is 3. The highest BCUT2D eigenvalue weighted by Gasteiger charge is 2.19. The number of esters is 1. The summed E-state index contributed by atoms with van der Waals surface area (Å²) in [5.74, 6) is -0.0923. The molecular formula is C14H19NO4. The van der Waals surface area contributed by atoms with E-state index in [9.17, 15) is 4.79 Å². The molecule has 19 heavy (non-hydrogen) atoms. The molecule has 104 valence electrons. The van der Waals surface area contributed by atoms with E-state index >= 15 is 0 Å². The first-order valence-electron chi connectivity index (χ1n) is 6.67. The summed E-state index contributed by atoms with van der Waals surface area (Å²) in [6.45, 7) is 3.35. The lowest BCUT2D eigenvalue weighted by atomic mass is 10.1. The van der Waals surface area contributed by atoms with E-state index in [0.29, 0.717) is 24.7 Å². The molecule has 1 saturated heterocycles. The van der Waals surface area contributed by atoms with Crippen LogP contribution in [0, 0.1) is 0 Å². The van der Waals surface area contributed by atoms with Crippen molar-refractivity contribution in [2.24, 2.45) is 0 Å². The van der Waals surface area contributed by atoms with Gasteiger partial charge in [-0.05, 0) is 38.3 Å². The third-order valence-corrected chi connectivity index (χ3v) is 2.95. The van der Waals surface area contributed by atoms with Crippen LogP contribution in [0.4, 0.5) is 0 Å². The van der Waals surface area contributed by atoms with E-state index in [4.69, 9.17) is 14.2 Å². The molecule has 0 aromatic carbocycles. The molecule has 0 bridgehead atoms. The molecule has 5 nitrogen and oxygen atoms in total. The molecule has 2 rings (SSSR count). The van der Waals surface area contributed by atoms with E-state index in [0.717, 1.165) is 25.9 Å². The number of carbonyl (C=O) groups is 1. The highest BCUT2D eigenvalue weighted by atomic mass is 16.6. The summed E-state index contributed by atoms with van der Waals surface area (Å²) in [4.78, 5) is 16.0. The third kappa shape index (κ3) is 3.92. The summed E-state index contributed by atoms with van der Waals surface area (Å²) in [5, 5.41) is 0. The van der Waals surface area contributed by atoms with Crippen LogP contribution in [0.5, 0.6) is 5.88 Å². The maximum atomic E-state index is 12.0. The number of hydrogen-bond donors (Lipinski definition) is 0. The zero-order valence-electron chi connectivity index (χ0n) is 11.1. The van der Waals surface area contributed by atoms with Crippen LogP contribution in [-0.2, 0) is 9.47 Å². The number of nitrogens with zero attached hydrogens (tertiary/aromatic N) is 1. The first-order valence-corrected chi connectivity index (χ1v) is 6.67. The predicted octanol–water partition coefficient (Wildman–Crippen LogP) is 2.21. The zero-order valence-corrected chi connectivity index (χ0v) is 11.1. The predicted molar refractivity (Wildman–Crippen MR) is 69.3 cm³/mol. The van der Waals surface area contributed by atoms with Gasteiger partial charge in [-0.3, -0.25) is 0 Å².